The summed E-state index contributed by atoms with van der Waals surface area (Å²) in [7, 11) is 0. The molecule has 3 aromatic heterocycles. The Morgan fingerprint density at radius 2 is 1.08 bits per heavy atom. The van der Waals surface area contributed by atoms with E-state index in [2.05, 4.69) is 119 Å². The standard InChI is InChI=1S/C53H30N6S/c1-55-39-23-25-40(38(28-39)32-54)37-20-24-42-41-16-8-10-18-46(41)59(48(42)31-37)47-26-21-35(36-22-27-50-44(29-36)43-17-9-11-19-49(43)60-50)30-45(47)53-57-51(33-12-4-2-5-13-33)56-52(58-53)34-14-6-3-7-15-34/h2-31H. The average Bonchev–Trinajstić information content (AvgIpc) is 3.86. The molecule has 0 aliphatic carbocycles. The molecule has 0 N–H and O–H groups in total. The summed E-state index contributed by atoms with van der Waals surface area (Å²) < 4.78 is 4.80. The van der Waals surface area contributed by atoms with Crippen molar-refractivity contribution in [2.24, 2.45) is 0 Å². The molecular formula is C53H30N6S. The molecule has 0 bridgehead atoms. The number of nitriles is 1. The fourth-order valence-corrected chi connectivity index (χ4v) is 9.35. The molecule has 7 heteroatoms. The van der Waals surface area contributed by atoms with Gasteiger partial charge in [-0.2, -0.15) is 5.26 Å². The smallest absolute Gasteiger partial charge is 0.188 e. The monoisotopic (exact) mass is 782 g/mol. The fraction of sp³-hybridized carbons (Fsp3) is 0. The highest BCUT2D eigenvalue weighted by Crippen LogP contribution is 2.42. The van der Waals surface area contributed by atoms with E-state index in [9.17, 15) is 5.26 Å². The van der Waals surface area contributed by atoms with Gasteiger partial charge in [-0.3, -0.25) is 0 Å². The Kier molecular flexibility index (Phi) is 8.34. The molecule has 60 heavy (non-hydrogen) atoms. The molecular weight excluding hydrogens is 753 g/mol. The molecule has 0 atom stereocenters. The number of hydrogen-bond donors (Lipinski definition) is 0. The predicted octanol–water partition coefficient (Wildman–Crippen LogP) is 14.1. The molecule has 0 amide bonds. The Morgan fingerprint density at radius 3 is 1.83 bits per heavy atom. The summed E-state index contributed by atoms with van der Waals surface area (Å²) >= 11 is 1.81. The van der Waals surface area contributed by atoms with Gasteiger partial charge < -0.3 is 4.57 Å². The van der Waals surface area contributed by atoms with Crippen molar-refractivity contribution in [3.05, 3.63) is 199 Å². The zero-order valence-corrected chi connectivity index (χ0v) is 32.7. The average molecular weight is 783 g/mol. The molecule has 11 aromatic rings. The van der Waals surface area contributed by atoms with Crippen LogP contribution in [0.15, 0.2) is 182 Å². The Labute approximate surface area is 349 Å². The lowest BCUT2D eigenvalue weighted by atomic mass is 9.98. The third kappa shape index (κ3) is 5.89. The first-order valence-electron chi connectivity index (χ1n) is 19.5. The van der Waals surface area contributed by atoms with Crippen molar-refractivity contribution in [3.8, 4) is 68.2 Å². The van der Waals surface area contributed by atoms with E-state index in [-0.39, 0.29) is 0 Å². The molecule has 8 aromatic carbocycles. The lowest BCUT2D eigenvalue weighted by Crippen LogP contribution is -2.04. The lowest BCUT2D eigenvalue weighted by Gasteiger charge is -2.17. The van der Waals surface area contributed by atoms with E-state index in [1.807, 2.05) is 78.1 Å². The van der Waals surface area contributed by atoms with Crippen molar-refractivity contribution in [1.82, 2.24) is 19.5 Å². The van der Waals surface area contributed by atoms with Crippen LogP contribution in [0, 0.1) is 17.9 Å². The molecule has 6 nitrogen and oxygen atoms in total. The number of thiophene rings is 1. The lowest BCUT2D eigenvalue weighted by molar-refractivity contribution is 1.06. The third-order valence-corrected chi connectivity index (χ3v) is 12.3. The van der Waals surface area contributed by atoms with Gasteiger partial charge in [-0.15, -0.1) is 11.3 Å². The van der Waals surface area contributed by atoms with Crippen LogP contribution in [0.5, 0.6) is 0 Å². The highest BCUT2D eigenvalue weighted by molar-refractivity contribution is 7.25. The minimum atomic E-state index is 0.434. The van der Waals surface area contributed by atoms with Crippen LogP contribution in [-0.2, 0) is 0 Å². The SMILES string of the molecule is [C-]#[N+]c1ccc(-c2ccc3c4ccccc4n(-c4ccc(-c5ccc6sc7ccccc7c6c5)cc4-c4nc(-c5ccccc5)nc(-c5ccccc5)n4)c3c2)c(C#N)c1. The zero-order valence-electron chi connectivity index (χ0n) is 31.9. The number of hydrogen-bond acceptors (Lipinski definition) is 5. The Hall–Kier alpha value is -8.23. The van der Waals surface area contributed by atoms with Gasteiger partial charge in [-0.25, -0.2) is 19.8 Å². The maximum absolute atomic E-state index is 10.2. The van der Waals surface area contributed by atoms with E-state index >= 15 is 0 Å². The number of benzene rings is 8. The number of para-hydroxylation sites is 1. The molecule has 11 rings (SSSR count). The van der Waals surface area contributed by atoms with E-state index in [0.29, 0.717) is 28.7 Å². The molecule has 3 heterocycles. The van der Waals surface area contributed by atoms with Crippen molar-refractivity contribution >= 4 is 59.0 Å². The van der Waals surface area contributed by atoms with Crippen LogP contribution in [0.3, 0.4) is 0 Å². The molecule has 0 aliphatic heterocycles. The van der Waals surface area contributed by atoms with Crippen molar-refractivity contribution in [3.63, 3.8) is 0 Å². The Balaban J connectivity index is 1.21. The maximum atomic E-state index is 10.2. The molecule has 0 aliphatic rings. The number of nitrogens with zero attached hydrogens (tertiary/aromatic N) is 6. The van der Waals surface area contributed by atoms with Gasteiger partial charge in [0.25, 0.3) is 0 Å². The minimum absolute atomic E-state index is 0.434. The van der Waals surface area contributed by atoms with Crippen LogP contribution in [0.1, 0.15) is 5.56 Å². The Morgan fingerprint density at radius 1 is 0.467 bits per heavy atom. The summed E-state index contributed by atoms with van der Waals surface area (Å²) in [6, 6.07) is 64.4. The van der Waals surface area contributed by atoms with Gasteiger partial charge >= 0.3 is 0 Å². The number of fused-ring (bicyclic) bond motifs is 6. The summed E-state index contributed by atoms with van der Waals surface area (Å²) in [5.74, 6) is 1.71. The van der Waals surface area contributed by atoms with E-state index in [1.54, 1.807) is 12.1 Å². The molecule has 0 spiro atoms. The third-order valence-electron chi connectivity index (χ3n) is 11.1. The highest BCUT2D eigenvalue weighted by Gasteiger charge is 2.21. The number of aromatic nitrogens is 4. The van der Waals surface area contributed by atoms with Crippen LogP contribution in [0.4, 0.5) is 5.69 Å². The van der Waals surface area contributed by atoms with Gasteiger partial charge in [0.2, 0.25) is 0 Å². The predicted molar refractivity (Wildman–Crippen MR) is 245 cm³/mol. The van der Waals surface area contributed by atoms with E-state index in [1.165, 1.54) is 20.2 Å². The normalized spacial score (nSPS) is 11.3. The highest BCUT2D eigenvalue weighted by atomic mass is 32.1. The van der Waals surface area contributed by atoms with Gasteiger partial charge in [0.05, 0.1) is 29.4 Å². The second kappa shape index (κ2) is 14.3. The van der Waals surface area contributed by atoms with E-state index in [0.717, 1.165) is 66.4 Å². The summed E-state index contributed by atoms with van der Waals surface area (Å²) in [6.07, 6.45) is 0. The van der Waals surface area contributed by atoms with Crippen LogP contribution in [0.25, 0.3) is 109 Å². The molecule has 0 unspecified atom stereocenters. The van der Waals surface area contributed by atoms with Gasteiger partial charge in [0.15, 0.2) is 23.2 Å². The van der Waals surface area contributed by atoms with Gasteiger partial charge in [-0.05, 0) is 70.8 Å². The summed E-state index contributed by atoms with van der Waals surface area (Å²) in [6.45, 7) is 7.53. The Bertz CT molecular complexity index is 3520. The van der Waals surface area contributed by atoms with E-state index < -0.39 is 0 Å². The maximum Gasteiger partial charge on any atom is 0.188 e. The second-order valence-corrected chi connectivity index (χ2v) is 15.7. The first-order valence-corrected chi connectivity index (χ1v) is 20.3. The van der Waals surface area contributed by atoms with E-state index in [4.69, 9.17) is 21.5 Å². The van der Waals surface area contributed by atoms with Crippen molar-refractivity contribution in [2.75, 3.05) is 0 Å². The van der Waals surface area contributed by atoms with Gasteiger partial charge in [-0.1, -0.05) is 133 Å². The molecule has 0 saturated carbocycles. The van der Waals surface area contributed by atoms with Crippen LogP contribution in [0.2, 0.25) is 0 Å². The van der Waals surface area contributed by atoms with Crippen molar-refractivity contribution in [2.45, 2.75) is 0 Å². The van der Waals surface area contributed by atoms with Crippen LogP contribution >= 0.6 is 11.3 Å². The van der Waals surface area contributed by atoms with Gasteiger partial charge in [0.1, 0.15) is 0 Å². The zero-order chi connectivity index (χ0) is 40.2. The number of rotatable bonds is 6. The fourth-order valence-electron chi connectivity index (χ4n) is 8.27. The quantitative estimate of drug-likeness (QED) is 0.158. The first-order chi connectivity index (χ1) is 29.6. The van der Waals surface area contributed by atoms with Crippen molar-refractivity contribution < 1.29 is 0 Å². The minimum Gasteiger partial charge on any atom is -0.308 e. The molecule has 278 valence electrons. The molecule has 0 radical (unpaired) electrons. The molecule has 0 fully saturated rings. The van der Waals surface area contributed by atoms with Crippen LogP contribution in [-0.4, -0.2) is 19.5 Å². The summed E-state index contributed by atoms with van der Waals surface area (Å²) in [5.41, 5.74) is 10.2. The molecule has 0 saturated heterocycles. The van der Waals surface area contributed by atoms with Crippen molar-refractivity contribution in [1.29, 1.82) is 5.26 Å². The largest absolute Gasteiger partial charge is 0.308 e. The van der Waals surface area contributed by atoms with Gasteiger partial charge in [0, 0.05) is 53.2 Å². The summed E-state index contributed by atoms with van der Waals surface area (Å²) in [4.78, 5) is 19.1. The van der Waals surface area contributed by atoms with Crippen LogP contribution < -0.4 is 0 Å². The second-order valence-electron chi connectivity index (χ2n) is 14.6. The topological polar surface area (TPSA) is 71.8 Å². The first kappa shape index (κ1) is 35.0. The summed E-state index contributed by atoms with van der Waals surface area (Å²) in [5, 5.41) is 14.8.